The summed E-state index contributed by atoms with van der Waals surface area (Å²) >= 11 is 1.53. The molecule has 0 bridgehead atoms. The number of carboxylic acids is 1. The van der Waals surface area contributed by atoms with Crippen molar-refractivity contribution in [2.75, 3.05) is 11.1 Å². The van der Waals surface area contributed by atoms with Gasteiger partial charge in [-0.15, -0.1) is 24.1 Å². The van der Waals surface area contributed by atoms with Crippen LogP contribution in [0.1, 0.15) is 37.0 Å². The number of benzene rings is 1. The Morgan fingerprint density at radius 2 is 2.26 bits per heavy atom. The molecular weight excluding hydrogens is 258 g/mol. The topological polar surface area (TPSA) is 49.3 Å². The molecule has 0 saturated heterocycles. The van der Waals surface area contributed by atoms with Crippen LogP contribution in [-0.2, 0) is 0 Å². The van der Waals surface area contributed by atoms with Crippen LogP contribution in [-0.4, -0.2) is 22.9 Å². The molecule has 2 N–H and O–H groups in total. The summed E-state index contributed by atoms with van der Waals surface area (Å²) in [7, 11) is 0. The quantitative estimate of drug-likeness (QED) is 0.589. The SMILES string of the molecule is C#CCC(CC)Nc1cccc(SCC)c1C(=O)O. The first kappa shape index (κ1) is 15.5. The fraction of sp³-hybridized carbons (Fsp3) is 0.400. The minimum atomic E-state index is -0.908. The smallest absolute Gasteiger partial charge is 0.338 e. The van der Waals surface area contributed by atoms with Gasteiger partial charge in [-0.3, -0.25) is 0 Å². The molecule has 0 aliphatic heterocycles. The van der Waals surface area contributed by atoms with Crippen LogP contribution >= 0.6 is 11.8 Å². The molecule has 19 heavy (non-hydrogen) atoms. The third-order valence-electron chi connectivity index (χ3n) is 2.76. The maximum atomic E-state index is 11.5. The second kappa shape index (κ2) is 7.75. The first-order valence-corrected chi connectivity index (χ1v) is 7.31. The number of thioether (sulfide) groups is 1. The minimum absolute atomic E-state index is 0.102. The number of carbonyl (C=O) groups is 1. The number of nitrogens with one attached hydrogen (secondary N) is 1. The summed E-state index contributed by atoms with van der Waals surface area (Å²) in [6.07, 6.45) is 6.76. The van der Waals surface area contributed by atoms with Crippen LogP contribution < -0.4 is 5.32 Å². The van der Waals surface area contributed by atoms with Crippen molar-refractivity contribution in [3.8, 4) is 12.3 Å². The highest BCUT2D eigenvalue weighted by Gasteiger charge is 2.17. The zero-order chi connectivity index (χ0) is 14.3. The highest BCUT2D eigenvalue weighted by Crippen LogP contribution is 2.29. The molecule has 1 aromatic carbocycles. The van der Waals surface area contributed by atoms with Gasteiger partial charge in [0.15, 0.2) is 0 Å². The van der Waals surface area contributed by atoms with Crippen LogP contribution in [0.3, 0.4) is 0 Å². The van der Waals surface area contributed by atoms with Crippen LogP contribution in [0.2, 0.25) is 0 Å². The van der Waals surface area contributed by atoms with Gasteiger partial charge in [0.25, 0.3) is 0 Å². The van der Waals surface area contributed by atoms with Gasteiger partial charge in [-0.1, -0.05) is 19.9 Å². The number of carboxylic acid groups (broad SMARTS) is 1. The number of hydrogen-bond acceptors (Lipinski definition) is 3. The first-order valence-electron chi connectivity index (χ1n) is 6.33. The molecule has 0 heterocycles. The highest BCUT2D eigenvalue weighted by atomic mass is 32.2. The van der Waals surface area contributed by atoms with E-state index in [1.54, 1.807) is 6.07 Å². The molecule has 0 amide bonds. The van der Waals surface area contributed by atoms with Crippen molar-refractivity contribution in [3.63, 3.8) is 0 Å². The van der Waals surface area contributed by atoms with E-state index in [1.807, 2.05) is 26.0 Å². The lowest BCUT2D eigenvalue weighted by Crippen LogP contribution is -2.19. The lowest BCUT2D eigenvalue weighted by atomic mass is 10.1. The molecule has 4 heteroatoms. The van der Waals surface area contributed by atoms with E-state index in [2.05, 4.69) is 11.2 Å². The third kappa shape index (κ3) is 4.22. The second-order valence-electron chi connectivity index (χ2n) is 4.07. The molecule has 0 aliphatic carbocycles. The van der Waals surface area contributed by atoms with Gasteiger partial charge in [0.1, 0.15) is 0 Å². The van der Waals surface area contributed by atoms with E-state index in [0.29, 0.717) is 17.7 Å². The molecule has 1 unspecified atom stereocenters. The largest absolute Gasteiger partial charge is 0.478 e. The van der Waals surface area contributed by atoms with Gasteiger partial charge < -0.3 is 10.4 Å². The fourth-order valence-corrected chi connectivity index (χ4v) is 2.63. The lowest BCUT2D eigenvalue weighted by Gasteiger charge is -2.18. The molecule has 0 spiro atoms. The average molecular weight is 277 g/mol. The molecule has 1 aromatic rings. The van der Waals surface area contributed by atoms with Gasteiger partial charge in [-0.25, -0.2) is 4.79 Å². The van der Waals surface area contributed by atoms with E-state index in [9.17, 15) is 9.90 Å². The number of rotatable bonds is 7. The van der Waals surface area contributed by atoms with E-state index in [4.69, 9.17) is 6.42 Å². The minimum Gasteiger partial charge on any atom is -0.478 e. The van der Waals surface area contributed by atoms with Gasteiger partial charge >= 0.3 is 5.97 Å². The number of hydrogen-bond donors (Lipinski definition) is 2. The van der Waals surface area contributed by atoms with Crippen LogP contribution in [0.4, 0.5) is 5.69 Å². The Hall–Kier alpha value is -1.60. The number of anilines is 1. The standard InChI is InChI=1S/C15H19NO2S/c1-4-8-11(5-2)16-12-9-7-10-13(19-6-3)14(12)15(17)18/h1,7,9-11,16H,5-6,8H2,2-3H3,(H,17,18). The lowest BCUT2D eigenvalue weighted by molar-refractivity contribution is 0.0694. The Labute approximate surface area is 118 Å². The van der Waals surface area contributed by atoms with Crippen molar-refractivity contribution in [1.82, 2.24) is 0 Å². The van der Waals surface area contributed by atoms with Crippen molar-refractivity contribution in [2.24, 2.45) is 0 Å². The molecule has 1 rings (SSSR count). The summed E-state index contributed by atoms with van der Waals surface area (Å²) in [5, 5.41) is 12.6. The Morgan fingerprint density at radius 1 is 1.53 bits per heavy atom. The Morgan fingerprint density at radius 3 is 2.79 bits per heavy atom. The molecule has 0 radical (unpaired) electrons. The summed E-state index contributed by atoms with van der Waals surface area (Å²) in [6, 6.07) is 5.60. The predicted molar refractivity (Wildman–Crippen MR) is 81.0 cm³/mol. The molecule has 102 valence electrons. The van der Waals surface area contributed by atoms with Gasteiger partial charge in [0.05, 0.1) is 11.3 Å². The van der Waals surface area contributed by atoms with Crippen molar-refractivity contribution in [2.45, 2.75) is 37.6 Å². The zero-order valence-electron chi connectivity index (χ0n) is 11.3. The van der Waals surface area contributed by atoms with Crippen molar-refractivity contribution in [1.29, 1.82) is 0 Å². The number of terminal acetylenes is 1. The Bertz CT molecular complexity index is 480. The zero-order valence-corrected chi connectivity index (χ0v) is 12.1. The first-order chi connectivity index (χ1) is 9.13. The van der Waals surface area contributed by atoms with Gasteiger partial charge in [-0.2, -0.15) is 0 Å². The summed E-state index contributed by atoms with van der Waals surface area (Å²) in [5.74, 6) is 2.54. The molecule has 0 aliphatic rings. The van der Waals surface area contributed by atoms with Crippen LogP contribution in [0.15, 0.2) is 23.1 Å². The highest BCUT2D eigenvalue weighted by molar-refractivity contribution is 7.99. The molecule has 0 saturated carbocycles. The average Bonchev–Trinajstić information content (AvgIpc) is 2.38. The molecule has 0 fully saturated rings. The van der Waals surface area contributed by atoms with Crippen LogP contribution in [0.25, 0.3) is 0 Å². The maximum absolute atomic E-state index is 11.5. The second-order valence-corrected chi connectivity index (χ2v) is 5.38. The van der Waals surface area contributed by atoms with E-state index in [-0.39, 0.29) is 6.04 Å². The normalized spacial score (nSPS) is 11.6. The van der Waals surface area contributed by atoms with Crippen LogP contribution in [0.5, 0.6) is 0 Å². The molecule has 0 aromatic heterocycles. The monoisotopic (exact) mass is 277 g/mol. The Kier molecular flexibility index (Phi) is 6.31. The molecular formula is C15H19NO2S. The van der Waals surface area contributed by atoms with E-state index in [1.165, 1.54) is 11.8 Å². The van der Waals surface area contributed by atoms with Crippen molar-refractivity contribution < 1.29 is 9.90 Å². The van der Waals surface area contributed by atoms with E-state index < -0.39 is 5.97 Å². The third-order valence-corrected chi connectivity index (χ3v) is 3.70. The predicted octanol–water partition coefficient (Wildman–Crippen LogP) is 3.71. The molecule has 1 atom stereocenters. The number of aromatic carboxylic acids is 1. The summed E-state index contributed by atoms with van der Waals surface area (Å²) < 4.78 is 0. The van der Waals surface area contributed by atoms with Gasteiger partial charge in [0.2, 0.25) is 0 Å². The van der Waals surface area contributed by atoms with E-state index >= 15 is 0 Å². The van der Waals surface area contributed by atoms with Gasteiger partial charge in [0, 0.05) is 17.4 Å². The van der Waals surface area contributed by atoms with Crippen molar-refractivity contribution >= 4 is 23.4 Å². The van der Waals surface area contributed by atoms with E-state index in [0.717, 1.165) is 17.1 Å². The summed E-state index contributed by atoms with van der Waals surface area (Å²) in [5.41, 5.74) is 0.984. The van der Waals surface area contributed by atoms with Crippen LogP contribution in [0, 0.1) is 12.3 Å². The summed E-state index contributed by atoms with van der Waals surface area (Å²) in [4.78, 5) is 12.2. The van der Waals surface area contributed by atoms with Gasteiger partial charge in [-0.05, 0) is 24.3 Å². The fourth-order valence-electron chi connectivity index (χ4n) is 1.81. The molecule has 3 nitrogen and oxygen atoms in total. The van der Waals surface area contributed by atoms with Crippen molar-refractivity contribution in [3.05, 3.63) is 23.8 Å². The maximum Gasteiger partial charge on any atom is 0.338 e. The summed E-state index contributed by atoms with van der Waals surface area (Å²) in [6.45, 7) is 4.03. The Balaban J connectivity index is 3.09.